The monoisotopic (exact) mass is 472 g/mol. The van der Waals surface area contributed by atoms with Gasteiger partial charge in [0.25, 0.3) is 0 Å². The van der Waals surface area contributed by atoms with Crippen LogP contribution in [0.1, 0.15) is 12.8 Å². The Labute approximate surface area is 208 Å². The molecule has 0 fully saturated rings. The van der Waals surface area contributed by atoms with E-state index in [0.717, 1.165) is 71.5 Å². The first-order chi connectivity index (χ1) is 16.9. The van der Waals surface area contributed by atoms with Gasteiger partial charge in [0.05, 0.1) is 12.3 Å². The summed E-state index contributed by atoms with van der Waals surface area (Å²) in [5.74, 6) is 1.17. The molecule has 0 aliphatic carbocycles. The van der Waals surface area contributed by atoms with E-state index in [0.29, 0.717) is 6.61 Å². The third kappa shape index (κ3) is 6.41. The molecule has 1 N–H and O–H groups in total. The van der Waals surface area contributed by atoms with E-state index in [1.54, 1.807) is 6.07 Å². The average Bonchev–Trinajstić information content (AvgIpc) is 3.19. The minimum absolute atomic E-state index is 0.283. The third-order valence-corrected chi connectivity index (χ3v) is 6.11. The van der Waals surface area contributed by atoms with Gasteiger partial charge in [-0.15, -0.1) is 0 Å². The summed E-state index contributed by atoms with van der Waals surface area (Å²) < 4.78 is 8.22. The summed E-state index contributed by atoms with van der Waals surface area (Å²) in [7, 11) is 8.34. The maximum absolute atomic E-state index is 10.0. The molecule has 0 saturated heterocycles. The van der Waals surface area contributed by atoms with Crippen molar-refractivity contribution >= 4 is 10.9 Å². The molecule has 0 saturated carbocycles. The smallest absolute Gasteiger partial charge is 0.119 e. The Balaban J connectivity index is 1.58. The van der Waals surface area contributed by atoms with Crippen molar-refractivity contribution in [3.63, 3.8) is 0 Å². The van der Waals surface area contributed by atoms with Gasteiger partial charge in [0.2, 0.25) is 0 Å². The van der Waals surface area contributed by atoms with Crippen molar-refractivity contribution in [2.75, 3.05) is 47.9 Å². The van der Waals surface area contributed by atoms with Crippen molar-refractivity contribution in [3.05, 3.63) is 67.0 Å². The number of benzene rings is 2. The predicted octanol–water partition coefficient (Wildman–Crippen LogP) is 5.36. The van der Waals surface area contributed by atoms with Crippen LogP contribution < -0.4 is 4.74 Å². The molecule has 0 amide bonds. The molecular weight excluding hydrogens is 436 g/mol. The number of aromatic nitrogens is 2. The lowest BCUT2D eigenvalue weighted by Gasteiger charge is -2.14. The summed E-state index contributed by atoms with van der Waals surface area (Å²) in [5.41, 5.74) is 5.46. The number of hydrogen-bond acceptors (Lipinski definition) is 5. The van der Waals surface area contributed by atoms with Crippen LogP contribution in [0.4, 0.5) is 0 Å². The molecule has 0 atom stereocenters. The van der Waals surface area contributed by atoms with Gasteiger partial charge in [-0.05, 0) is 95.6 Å². The number of ether oxygens (including phenoxy) is 1. The highest BCUT2D eigenvalue weighted by Crippen LogP contribution is 2.32. The quantitative estimate of drug-likeness (QED) is 0.298. The van der Waals surface area contributed by atoms with Crippen LogP contribution in [0.5, 0.6) is 11.5 Å². The fraction of sp³-hybridized carbons (Fsp3) is 0.345. The van der Waals surface area contributed by atoms with Crippen LogP contribution in [0.25, 0.3) is 33.3 Å². The number of rotatable bonds is 11. The van der Waals surface area contributed by atoms with Crippen LogP contribution in [-0.2, 0) is 6.54 Å². The highest BCUT2D eigenvalue weighted by atomic mass is 16.5. The van der Waals surface area contributed by atoms with Gasteiger partial charge in [0.1, 0.15) is 11.5 Å². The van der Waals surface area contributed by atoms with E-state index in [1.807, 2.05) is 36.7 Å². The maximum atomic E-state index is 10.0. The molecule has 2 heterocycles. The van der Waals surface area contributed by atoms with Crippen molar-refractivity contribution < 1.29 is 9.84 Å². The molecule has 0 aliphatic rings. The van der Waals surface area contributed by atoms with Crippen molar-refractivity contribution in [3.8, 4) is 33.9 Å². The summed E-state index contributed by atoms with van der Waals surface area (Å²) in [6.45, 7) is 3.63. The van der Waals surface area contributed by atoms with Crippen LogP contribution >= 0.6 is 0 Å². The Morgan fingerprint density at radius 1 is 0.800 bits per heavy atom. The zero-order chi connectivity index (χ0) is 24.8. The number of aryl methyl sites for hydroxylation is 1. The summed E-state index contributed by atoms with van der Waals surface area (Å²) in [4.78, 5) is 8.93. The first-order valence-electron chi connectivity index (χ1n) is 12.2. The topological polar surface area (TPSA) is 53.8 Å². The molecule has 0 spiro atoms. The van der Waals surface area contributed by atoms with Gasteiger partial charge in [-0.2, -0.15) is 0 Å². The average molecular weight is 473 g/mol. The van der Waals surface area contributed by atoms with Gasteiger partial charge < -0.3 is 24.2 Å². The van der Waals surface area contributed by atoms with Gasteiger partial charge in [-0.25, -0.2) is 0 Å². The molecule has 0 radical (unpaired) electrons. The number of fused-ring (bicyclic) bond motifs is 1. The number of nitrogens with zero attached hydrogens (tertiary/aromatic N) is 4. The summed E-state index contributed by atoms with van der Waals surface area (Å²) in [6, 6.07) is 18.2. The Morgan fingerprint density at radius 2 is 1.51 bits per heavy atom. The zero-order valence-electron chi connectivity index (χ0n) is 21.2. The van der Waals surface area contributed by atoms with E-state index in [2.05, 4.69) is 71.8 Å². The zero-order valence-corrected chi connectivity index (χ0v) is 21.2. The molecule has 2 aromatic heterocycles. The second-order valence-corrected chi connectivity index (χ2v) is 9.57. The molecule has 4 rings (SSSR count). The molecule has 0 aliphatic heterocycles. The Hall–Kier alpha value is -3.35. The molecule has 6 nitrogen and oxygen atoms in total. The first-order valence-corrected chi connectivity index (χ1v) is 12.2. The lowest BCUT2D eigenvalue weighted by molar-refractivity contribution is 0.281. The van der Waals surface area contributed by atoms with Crippen molar-refractivity contribution in [2.45, 2.75) is 19.4 Å². The van der Waals surface area contributed by atoms with Gasteiger partial charge in [-0.3, -0.25) is 4.98 Å². The fourth-order valence-electron chi connectivity index (χ4n) is 4.34. The highest BCUT2D eigenvalue weighted by molar-refractivity contribution is 5.88. The Kier molecular flexibility index (Phi) is 8.06. The summed E-state index contributed by atoms with van der Waals surface area (Å²) in [5, 5.41) is 11.1. The van der Waals surface area contributed by atoms with Crippen LogP contribution in [0.3, 0.4) is 0 Å². The van der Waals surface area contributed by atoms with E-state index in [4.69, 9.17) is 4.74 Å². The van der Waals surface area contributed by atoms with Gasteiger partial charge in [0.15, 0.2) is 0 Å². The largest absolute Gasteiger partial charge is 0.508 e. The first kappa shape index (κ1) is 24.8. The van der Waals surface area contributed by atoms with Crippen molar-refractivity contribution in [1.82, 2.24) is 19.4 Å². The predicted molar refractivity (Wildman–Crippen MR) is 144 cm³/mol. The van der Waals surface area contributed by atoms with Crippen LogP contribution in [-0.4, -0.2) is 72.3 Å². The Morgan fingerprint density at radius 3 is 2.26 bits per heavy atom. The fourth-order valence-corrected chi connectivity index (χ4v) is 4.34. The second kappa shape index (κ2) is 11.4. The van der Waals surface area contributed by atoms with E-state index < -0.39 is 0 Å². The van der Waals surface area contributed by atoms with Crippen LogP contribution in [0.15, 0.2) is 67.0 Å². The van der Waals surface area contributed by atoms with E-state index in [-0.39, 0.29) is 5.75 Å². The van der Waals surface area contributed by atoms with Gasteiger partial charge in [-0.1, -0.05) is 12.1 Å². The molecule has 4 aromatic rings. The minimum Gasteiger partial charge on any atom is -0.508 e. The lowest BCUT2D eigenvalue weighted by atomic mass is 10.0. The minimum atomic E-state index is 0.283. The number of phenols is 1. The van der Waals surface area contributed by atoms with E-state index in [9.17, 15) is 5.11 Å². The summed E-state index contributed by atoms with van der Waals surface area (Å²) in [6.07, 6.45) is 5.86. The lowest BCUT2D eigenvalue weighted by Crippen LogP contribution is -2.15. The number of aromatic hydroxyl groups is 1. The molecular formula is C29H36N4O2. The second-order valence-electron chi connectivity index (χ2n) is 9.57. The molecule has 0 unspecified atom stereocenters. The summed E-state index contributed by atoms with van der Waals surface area (Å²) >= 11 is 0. The standard InChI is InChI=1S/C29H36N4O2/c1-31(2)13-5-15-33-28-12-9-26(34)18-23(28)19-29(33)25-17-24(20-30-21-25)22-7-10-27(11-8-22)35-16-6-14-32(3)4/h7-12,17-21,34H,5-6,13-16H2,1-4H3. The van der Waals surface area contributed by atoms with Gasteiger partial charge in [0, 0.05) is 47.5 Å². The number of pyridine rings is 1. The van der Waals surface area contributed by atoms with E-state index in [1.165, 1.54) is 0 Å². The third-order valence-electron chi connectivity index (χ3n) is 6.11. The number of phenolic OH excluding ortho intramolecular Hbond substituents is 1. The molecule has 35 heavy (non-hydrogen) atoms. The van der Waals surface area contributed by atoms with Crippen LogP contribution in [0.2, 0.25) is 0 Å². The van der Waals surface area contributed by atoms with Crippen molar-refractivity contribution in [1.29, 1.82) is 0 Å². The molecule has 6 heteroatoms. The molecule has 2 aromatic carbocycles. The van der Waals surface area contributed by atoms with E-state index >= 15 is 0 Å². The number of hydrogen-bond donors (Lipinski definition) is 1. The molecule has 184 valence electrons. The van der Waals surface area contributed by atoms with Crippen LogP contribution in [0, 0.1) is 0 Å². The van der Waals surface area contributed by atoms with Crippen molar-refractivity contribution in [2.24, 2.45) is 0 Å². The maximum Gasteiger partial charge on any atom is 0.119 e. The SMILES string of the molecule is CN(C)CCCOc1ccc(-c2cncc(-c3cc4cc(O)ccc4n3CCCN(C)C)c2)cc1. The van der Waals surface area contributed by atoms with Gasteiger partial charge >= 0.3 is 0 Å². The normalized spacial score (nSPS) is 11.6. The molecule has 0 bridgehead atoms. The Bertz CT molecular complexity index is 1250. The highest BCUT2D eigenvalue weighted by Gasteiger charge is 2.13.